The van der Waals surface area contributed by atoms with Crippen molar-refractivity contribution in [3.63, 3.8) is 0 Å². The van der Waals surface area contributed by atoms with Crippen LogP contribution in [0.25, 0.3) is 10.9 Å². The number of amides is 1. The van der Waals surface area contributed by atoms with Gasteiger partial charge in [0.05, 0.1) is 16.0 Å². The normalized spacial score (nSPS) is 15.7. The average Bonchev–Trinajstić information content (AvgIpc) is 3.21. The van der Waals surface area contributed by atoms with Crippen LogP contribution in [-0.4, -0.2) is 36.4 Å². The van der Waals surface area contributed by atoms with E-state index >= 15 is 0 Å². The van der Waals surface area contributed by atoms with Crippen LogP contribution >= 0.6 is 0 Å². The molecule has 170 valence electrons. The number of rotatable bonds is 4. The van der Waals surface area contributed by atoms with Crippen molar-refractivity contribution in [2.45, 2.75) is 36.9 Å². The molecule has 1 aliphatic rings. The molecule has 1 N–H and O–H groups in total. The molecule has 3 aromatic rings. The van der Waals surface area contributed by atoms with Gasteiger partial charge in [0.15, 0.2) is 0 Å². The zero-order chi connectivity index (χ0) is 22.9. The molecular formula is C22H22F3N3O3S. The molecule has 0 atom stereocenters. The number of nitrogens with zero attached hydrogens (tertiary/aromatic N) is 2. The van der Waals surface area contributed by atoms with Gasteiger partial charge in [0.2, 0.25) is 10.0 Å². The van der Waals surface area contributed by atoms with Crippen LogP contribution < -0.4 is 5.32 Å². The first kappa shape index (κ1) is 22.3. The van der Waals surface area contributed by atoms with Crippen LogP contribution in [0.4, 0.5) is 18.0 Å². The summed E-state index contributed by atoms with van der Waals surface area (Å²) in [6.45, 7) is 1.13. The number of alkyl halides is 3. The molecule has 2 aromatic carbocycles. The summed E-state index contributed by atoms with van der Waals surface area (Å²) in [6, 6.07) is 10.5. The maximum atomic E-state index is 13.0. The summed E-state index contributed by atoms with van der Waals surface area (Å²) in [5, 5.41) is 3.17. The Hall–Kier alpha value is -2.85. The molecule has 1 saturated heterocycles. The predicted molar refractivity (Wildman–Crippen MR) is 114 cm³/mol. The molecule has 6 nitrogen and oxygen atoms in total. The van der Waals surface area contributed by atoms with Crippen molar-refractivity contribution in [1.29, 1.82) is 0 Å². The topological polar surface area (TPSA) is 71.4 Å². The van der Waals surface area contributed by atoms with Gasteiger partial charge in [-0.25, -0.2) is 13.2 Å². The van der Waals surface area contributed by atoms with Gasteiger partial charge in [-0.2, -0.15) is 17.5 Å². The monoisotopic (exact) mass is 465 g/mol. The molecule has 1 fully saturated rings. The molecule has 0 spiro atoms. The molecule has 2 heterocycles. The van der Waals surface area contributed by atoms with E-state index in [0.717, 1.165) is 36.0 Å². The lowest BCUT2D eigenvalue weighted by Gasteiger charge is -2.25. The number of carbonyl (C=O) groups is 1. The van der Waals surface area contributed by atoms with Gasteiger partial charge in [-0.1, -0.05) is 24.6 Å². The number of hydrogen-bond donors (Lipinski definition) is 1. The Balaban J connectivity index is 1.45. The van der Waals surface area contributed by atoms with E-state index in [1.807, 2.05) is 0 Å². The molecule has 1 amide bonds. The van der Waals surface area contributed by atoms with Crippen molar-refractivity contribution in [2.24, 2.45) is 0 Å². The van der Waals surface area contributed by atoms with E-state index in [1.165, 1.54) is 28.7 Å². The Morgan fingerprint density at radius 2 is 1.66 bits per heavy atom. The number of fused-ring (bicyclic) bond motifs is 1. The molecular weight excluding hydrogens is 443 g/mol. The Labute approximate surface area is 183 Å². The molecule has 0 radical (unpaired) electrons. The summed E-state index contributed by atoms with van der Waals surface area (Å²) in [6.07, 6.45) is -0.368. The molecule has 0 unspecified atom stereocenters. The second-order valence-electron chi connectivity index (χ2n) is 7.72. The fraction of sp³-hybridized carbons (Fsp3) is 0.318. The lowest BCUT2D eigenvalue weighted by Crippen LogP contribution is -2.35. The number of piperidine rings is 1. The molecule has 4 rings (SSSR count). The van der Waals surface area contributed by atoms with Gasteiger partial charge in [-0.05, 0) is 48.7 Å². The van der Waals surface area contributed by atoms with E-state index < -0.39 is 27.8 Å². The minimum atomic E-state index is -4.50. The number of benzene rings is 2. The van der Waals surface area contributed by atoms with Crippen LogP contribution in [0, 0.1) is 0 Å². The lowest BCUT2D eigenvalue weighted by atomic mass is 10.1. The van der Waals surface area contributed by atoms with Gasteiger partial charge in [0.25, 0.3) is 0 Å². The number of halogens is 3. The number of nitrogens with one attached hydrogen (secondary N) is 1. The Bertz CT molecular complexity index is 1230. The second-order valence-corrected chi connectivity index (χ2v) is 9.66. The van der Waals surface area contributed by atoms with E-state index in [1.54, 1.807) is 18.2 Å². The van der Waals surface area contributed by atoms with E-state index in [0.29, 0.717) is 24.0 Å². The molecule has 10 heteroatoms. The zero-order valence-electron chi connectivity index (χ0n) is 17.1. The zero-order valence-corrected chi connectivity index (χ0v) is 17.9. The highest BCUT2D eigenvalue weighted by Crippen LogP contribution is 2.31. The van der Waals surface area contributed by atoms with Gasteiger partial charge in [0.1, 0.15) is 0 Å². The Morgan fingerprint density at radius 3 is 2.31 bits per heavy atom. The summed E-state index contributed by atoms with van der Waals surface area (Å²) in [5.41, 5.74) is -0.00746. The standard InChI is InChI=1S/C22H22F3N3O3S/c23-22(24,25)18-7-6-17-10-13-28(20(17)14-18)21(29)26-15-16-4-8-19(9-5-16)32(30,31)27-11-2-1-3-12-27/h4-10,13-14H,1-3,11-12,15H2,(H,26,29). The number of hydrogen-bond acceptors (Lipinski definition) is 3. The molecule has 1 aromatic heterocycles. The molecule has 1 aliphatic heterocycles. The third-order valence-electron chi connectivity index (χ3n) is 5.56. The Kier molecular flexibility index (Phi) is 6.00. The van der Waals surface area contributed by atoms with Gasteiger partial charge in [-0.15, -0.1) is 0 Å². The first-order chi connectivity index (χ1) is 15.2. The summed E-state index contributed by atoms with van der Waals surface area (Å²) >= 11 is 0. The summed E-state index contributed by atoms with van der Waals surface area (Å²) in [7, 11) is -3.54. The minimum Gasteiger partial charge on any atom is -0.333 e. The number of carbonyl (C=O) groups excluding carboxylic acids is 1. The van der Waals surface area contributed by atoms with Gasteiger partial charge in [0, 0.05) is 31.2 Å². The van der Waals surface area contributed by atoms with E-state index in [9.17, 15) is 26.4 Å². The first-order valence-electron chi connectivity index (χ1n) is 10.2. The third kappa shape index (κ3) is 4.51. The average molecular weight is 465 g/mol. The summed E-state index contributed by atoms with van der Waals surface area (Å²) < 4.78 is 67.1. The van der Waals surface area contributed by atoms with Gasteiger partial charge in [-0.3, -0.25) is 4.57 Å². The summed E-state index contributed by atoms with van der Waals surface area (Å²) in [5.74, 6) is 0. The van der Waals surface area contributed by atoms with Crippen molar-refractivity contribution < 1.29 is 26.4 Å². The smallest absolute Gasteiger partial charge is 0.333 e. The van der Waals surface area contributed by atoms with Crippen molar-refractivity contribution in [3.8, 4) is 0 Å². The highest BCUT2D eigenvalue weighted by Gasteiger charge is 2.31. The predicted octanol–water partition coefficient (Wildman–Crippen LogP) is 4.59. The SMILES string of the molecule is O=C(NCc1ccc(S(=O)(=O)N2CCCCC2)cc1)n1ccc2ccc(C(F)(F)F)cc21. The van der Waals surface area contributed by atoms with Crippen LogP contribution in [0.2, 0.25) is 0 Å². The van der Waals surface area contributed by atoms with Crippen LogP contribution in [-0.2, 0) is 22.7 Å². The third-order valence-corrected chi connectivity index (χ3v) is 7.47. The molecule has 32 heavy (non-hydrogen) atoms. The highest BCUT2D eigenvalue weighted by atomic mass is 32.2. The van der Waals surface area contributed by atoms with Crippen molar-refractivity contribution in [3.05, 3.63) is 65.9 Å². The number of aromatic nitrogens is 1. The van der Waals surface area contributed by atoms with Crippen molar-refractivity contribution in [2.75, 3.05) is 13.1 Å². The Morgan fingerprint density at radius 1 is 0.969 bits per heavy atom. The molecule has 0 bridgehead atoms. The molecule has 0 aliphatic carbocycles. The maximum absolute atomic E-state index is 13.0. The van der Waals surface area contributed by atoms with Crippen LogP contribution in [0.5, 0.6) is 0 Å². The number of sulfonamides is 1. The minimum absolute atomic E-state index is 0.0987. The van der Waals surface area contributed by atoms with E-state index in [-0.39, 0.29) is 17.0 Å². The van der Waals surface area contributed by atoms with Crippen LogP contribution in [0.15, 0.2) is 59.6 Å². The fourth-order valence-electron chi connectivity index (χ4n) is 3.78. The van der Waals surface area contributed by atoms with Gasteiger partial charge >= 0.3 is 12.2 Å². The van der Waals surface area contributed by atoms with Crippen molar-refractivity contribution in [1.82, 2.24) is 14.2 Å². The quantitative estimate of drug-likeness (QED) is 0.613. The maximum Gasteiger partial charge on any atom is 0.416 e. The van der Waals surface area contributed by atoms with Crippen molar-refractivity contribution >= 4 is 27.0 Å². The summed E-state index contributed by atoms with van der Waals surface area (Å²) in [4.78, 5) is 12.8. The first-order valence-corrected chi connectivity index (χ1v) is 11.7. The van der Waals surface area contributed by atoms with E-state index in [4.69, 9.17) is 0 Å². The fourth-order valence-corrected chi connectivity index (χ4v) is 5.30. The van der Waals surface area contributed by atoms with Crippen LogP contribution in [0.1, 0.15) is 30.4 Å². The van der Waals surface area contributed by atoms with Crippen LogP contribution in [0.3, 0.4) is 0 Å². The molecule has 0 saturated carbocycles. The largest absolute Gasteiger partial charge is 0.416 e. The second kappa shape index (κ2) is 8.59. The highest BCUT2D eigenvalue weighted by molar-refractivity contribution is 7.89. The van der Waals surface area contributed by atoms with E-state index in [2.05, 4.69) is 5.32 Å². The van der Waals surface area contributed by atoms with Gasteiger partial charge < -0.3 is 5.32 Å². The lowest BCUT2D eigenvalue weighted by molar-refractivity contribution is -0.137.